The molecule has 0 spiro atoms. The van der Waals surface area contributed by atoms with E-state index in [9.17, 15) is 0 Å². The predicted octanol–water partition coefficient (Wildman–Crippen LogP) is 3.97. The third kappa shape index (κ3) is 2.32. The second-order valence-electron chi connectivity index (χ2n) is 3.48. The third-order valence-electron chi connectivity index (χ3n) is 2.11. The first-order valence-electron chi connectivity index (χ1n) is 4.52. The quantitative estimate of drug-likeness (QED) is 0.592. The molecule has 13 heavy (non-hydrogen) atoms. The van der Waals surface area contributed by atoms with Gasteiger partial charge < -0.3 is 0 Å². The van der Waals surface area contributed by atoms with E-state index in [1.165, 1.54) is 22.3 Å². The summed E-state index contributed by atoms with van der Waals surface area (Å²) in [5, 5.41) is 0. The average molecular weight is 172 g/mol. The lowest BCUT2D eigenvalue weighted by atomic mass is 10.0. The Kier molecular flexibility index (Phi) is 3.07. The van der Waals surface area contributed by atoms with Crippen molar-refractivity contribution in [2.45, 2.75) is 20.8 Å². The second kappa shape index (κ2) is 4.08. The molecule has 0 radical (unpaired) electrons. The minimum absolute atomic E-state index is 1.24. The molecule has 0 heterocycles. The Labute approximate surface area is 80.6 Å². The van der Waals surface area contributed by atoms with Gasteiger partial charge in [-0.25, -0.2) is 0 Å². The van der Waals surface area contributed by atoms with Crippen LogP contribution in [0.4, 0.5) is 0 Å². The van der Waals surface area contributed by atoms with Crippen LogP contribution in [0.15, 0.2) is 42.5 Å². The Hall–Kier alpha value is -1.30. The number of benzene rings is 1. The van der Waals surface area contributed by atoms with Crippen LogP contribution in [-0.4, -0.2) is 0 Å². The molecule has 0 bridgehead atoms. The van der Waals surface area contributed by atoms with Crippen LogP contribution in [0.5, 0.6) is 0 Å². The minimum Gasteiger partial charge on any atom is -0.0985 e. The van der Waals surface area contributed by atoms with E-state index in [1.807, 2.05) is 6.08 Å². The van der Waals surface area contributed by atoms with Gasteiger partial charge in [0.25, 0.3) is 0 Å². The number of aryl methyl sites for hydroxylation is 1. The van der Waals surface area contributed by atoms with Crippen LogP contribution in [0, 0.1) is 6.92 Å². The molecule has 0 saturated carbocycles. The molecule has 0 nitrogen and oxygen atoms in total. The molecule has 0 aliphatic heterocycles. The van der Waals surface area contributed by atoms with Gasteiger partial charge in [-0.05, 0) is 31.9 Å². The monoisotopic (exact) mass is 172 g/mol. The van der Waals surface area contributed by atoms with Crippen molar-refractivity contribution in [2.24, 2.45) is 0 Å². The topological polar surface area (TPSA) is 0 Å². The molecule has 68 valence electrons. The molecule has 0 heteroatoms. The van der Waals surface area contributed by atoms with Crippen molar-refractivity contribution in [2.75, 3.05) is 0 Å². The van der Waals surface area contributed by atoms with Gasteiger partial charge in [-0.2, -0.15) is 0 Å². The molecule has 1 aromatic rings. The van der Waals surface area contributed by atoms with Gasteiger partial charge in [0.1, 0.15) is 0 Å². The fourth-order valence-electron chi connectivity index (χ4n) is 1.34. The summed E-state index contributed by atoms with van der Waals surface area (Å²) in [5.74, 6) is 0. The van der Waals surface area contributed by atoms with Crippen LogP contribution in [0.3, 0.4) is 0 Å². The Morgan fingerprint density at radius 3 is 2.08 bits per heavy atom. The first-order chi connectivity index (χ1) is 6.15. The lowest BCUT2D eigenvalue weighted by Gasteiger charge is -2.05. The van der Waals surface area contributed by atoms with Crippen LogP contribution in [-0.2, 0) is 0 Å². The number of hydrogen-bond donors (Lipinski definition) is 0. The Balaban J connectivity index is 3.15. The van der Waals surface area contributed by atoms with Crippen molar-refractivity contribution in [1.82, 2.24) is 0 Å². The molecule has 0 fully saturated rings. The first-order valence-corrected chi connectivity index (χ1v) is 4.52. The van der Waals surface area contributed by atoms with Crippen molar-refractivity contribution in [1.29, 1.82) is 0 Å². The molecule has 0 aliphatic rings. The smallest absolute Gasteiger partial charge is 0.0185 e. The van der Waals surface area contributed by atoms with Crippen molar-refractivity contribution < 1.29 is 0 Å². The molecule has 0 unspecified atom stereocenters. The Morgan fingerprint density at radius 2 is 1.69 bits per heavy atom. The Morgan fingerprint density at radius 1 is 1.15 bits per heavy atom. The van der Waals surface area contributed by atoms with Crippen LogP contribution in [0.25, 0.3) is 5.57 Å². The molecule has 0 N–H and O–H groups in total. The minimum atomic E-state index is 1.24. The van der Waals surface area contributed by atoms with Crippen molar-refractivity contribution in [3.63, 3.8) is 0 Å². The van der Waals surface area contributed by atoms with Gasteiger partial charge >= 0.3 is 0 Å². The molecular weight excluding hydrogens is 156 g/mol. The van der Waals surface area contributed by atoms with E-state index in [4.69, 9.17) is 0 Å². The van der Waals surface area contributed by atoms with E-state index in [1.54, 1.807) is 0 Å². The highest BCUT2D eigenvalue weighted by Crippen LogP contribution is 2.19. The zero-order valence-corrected chi connectivity index (χ0v) is 8.59. The SMILES string of the molecule is C=CC(=C(C)C)c1ccc(C)cc1. The summed E-state index contributed by atoms with van der Waals surface area (Å²) in [7, 11) is 0. The zero-order valence-electron chi connectivity index (χ0n) is 8.59. The normalized spacial score (nSPS) is 9.46. The summed E-state index contributed by atoms with van der Waals surface area (Å²) < 4.78 is 0. The summed E-state index contributed by atoms with van der Waals surface area (Å²) in [4.78, 5) is 0. The second-order valence-corrected chi connectivity index (χ2v) is 3.48. The summed E-state index contributed by atoms with van der Waals surface area (Å²) >= 11 is 0. The third-order valence-corrected chi connectivity index (χ3v) is 2.11. The van der Waals surface area contributed by atoms with Crippen LogP contribution >= 0.6 is 0 Å². The summed E-state index contributed by atoms with van der Waals surface area (Å²) in [6.45, 7) is 10.1. The zero-order chi connectivity index (χ0) is 9.84. The summed E-state index contributed by atoms with van der Waals surface area (Å²) in [5.41, 5.74) is 5.08. The maximum Gasteiger partial charge on any atom is -0.0185 e. The van der Waals surface area contributed by atoms with Crippen LogP contribution < -0.4 is 0 Å². The first kappa shape index (κ1) is 9.79. The van der Waals surface area contributed by atoms with Crippen molar-refractivity contribution in [3.8, 4) is 0 Å². The van der Waals surface area contributed by atoms with Gasteiger partial charge in [-0.3, -0.25) is 0 Å². The van der Waals surface area contributed by atoms with Gasteiger partial charge in [-0.1, -0.05) is 48.1 Å². The van der Waals surface area contributed by atoms with Gasteiger partial charge in [0.15, 0.2) is 0 Å². The van der Waals surface area contributed by atoms with Crippen LogP contribution in [0.1, 0.15) is 25.0 Å². The summed E-state index contributed by atoms with van der Waals surface area (Å²) in [6.07, 6.45) is 1.92. The van der Waals surface area contributed by atoms with E-state index < -0.39 is 0 Å². The number of hydrogen-bond acceptors (Lipinski definition) is 0. The highest BCUT2D eigenvalue weighted by molar-refractivity contribution is 5.75. The molecule has 0 atom stereocenters. The number of allylic oxidation sites excluding steroid dienone is 3. The predicted molar refractivity (Wildman–Crippen MR) is 59.6 cm³/mol. The fraction of sp³-hybridized carbons (Fsp3) is 0.231. The maximum absolute atomic E-state index is 3.82. The van der Waals surface area contributed by atoms with Gasteiger partial charge in [-0.15, -0.1) is 0 Å². The lowest BCUT2D eigenvalue weighted by molar-refractivity contribution is 1.38. The molecule has 0 aromatic heterocycles. The van der Waals surface area contributed by atoms with Gasteiger partial charge in [0.05, 0.1) is 0 Å². The number of rotatable bonds is 2. The van der Waals surface area contributed by atoms with Gasteiger partial charge in [0.2, 0.25) is 0 Å². The van der Waals surface area contributed by atoms with E-state index in [0.717, 1.165) is 0 Å². The van der Waals surface area contributed by atoms with Crippen molar-refractivity contribution in [3.05, 3.63) is 53.6 Å². The highest BCUT2D eigenvalue weighted by atomic mass is 14.0. The molecule has 0 saturated heterocycles. The molecule has 1 rings (SSSR count). The van der Waals surface area contributed by atoms with Gasteiger partial charge in [0, 0.05) is 0 Å². The highest BCUT2D eigenvalue weighted by Gasteiger charge is 1.97. The Bertz CT molecular complexity index is 322. The van der Waals surface area contributed by atoms with Crippen molar-refractivity contribution >= 4 is 5.57 Å². The fourth-order valence-corrected chi connectivity index (χ4v) is 1.34. The maximum atomic E-state index is 3.82. The van der Waals surface area contributed by atoms with Crippen LogP contribution in [0.2, 0.25) is 0 Å². The van der Waals surface area contributed by atoms with E-state index in [0.29, 0.717) is 0 Å². The van der Waals surface area contributed by atoms with E-state index in [2.05, 4.69) is 51.6 Å². The standard InChI is InChI=1S/C13H16/c1-5-13(10(2)3)12-8-6-11(4)7-9-12/h5-9H,1H2,2-4H3. The average Bonchev–Trinajstić information content (AvgIpc) is 2.09. The van der Waals surface area contributed by atoms with E-state index >= 15 is 0 Å². The molecule has 1 aromatic carbocycles. The lowest BCUT2D eigenvalue weighted by Crippen LogP contribution is -1.83. The molecular formula is C13H16. The summed E-state index contributed by atoms with van der Waals surface area (Å²) in [6, 6.07) is 8.53. The van der Waals surface area contributed by atoms with E-state index in [-0.39, 0.29) is 0 Å². The molecule has 0 amide bonds. The molecule has 0 aliphatic carbocycles. The largest absolute Gasteiger partial charge is 0.0985 e.